The normalized spacial score (nSPS) is 23.1. The van der Waals surface area contributed by atoms with E-state index in [1.165, 1.54) is 5.56 Å². The Morgan fingerprint density at radius 2 is 2.10 bits per heavy atom. The van der Waals surface area contributed by atoms with Gasteiger partial charge in [-0.15, -0.1) is 0 Å². The summed E-state index contributed by atoms with van der Waals surface area (Å²) in [7, 11) is 0. The topological polar surface area (TPSA) is 25.4 Å². The van der Waals surface area contributed by atoms with E-state index in [1.54, 1.807) is 0 Å². The van der Waals surface area contributed by atoms with Gasteiger partial charge in [0, 0.05) is 37.9 Å². The molecule has 1 aromatic heterocycles. The molecule has 0 aromatic carbocycles. The summed E-state index contributed by atoms with van der Waals surface area (Å²) < 4.78 is 18.3. The molecule has 3 heterocycles. The lowest BCUT2D eigenvalue weighted by molar-refractivity contribution is 0.0576. The van der Waals surface area contributed by atoms with Crippen molar-refractivity contribution in [3.63, 3.8) is 0 Å². The average molecular weight is 280 g/mol. The van der Waals surface area contributed by atoms with Crippen LogP contribution in [0, 0.1) is 6.92 Å². The van der Waals surface area contributed by atoms with E-state index in [4.69, 9.17) is 4.74 Å². The fourth-order valence-electron chi connectivity index (χ4n) is 2.75. The molecule has 3 nitrogen and oxygen atoms in total. The van der Waals surface area contributed by atoms with Crippen molar-refractivity contribution in [2.45, 2.75) is 45.8 Å². The van der Waals surface area contributed by atoms with Crippen molar-refractivity contribution in [1.29, 1.82) is 0 Å². The highest BCUT2D eigenvalue weighted by atomic mass is 19.1. The number of aromatic nitrogens is 1. The van der Waals surface area contributed by atoms with Gasteiger partial charge in [0.25, 0.3) is 0 Å². The van der Waals surface area contributed by atoms with Crippen molar-refractivity contribution in [3.05, 3.63) is 29.1 Å². The molecule has 2 saturated heterocycles. The van der Waals surface area contributed by atoms with E-state index in [9.17, 15) is 4.39 Å². The molecule has 0 amide bonds. The minimum Gasteiger partial charge on any atom is -0.381 e. The van der Waals surface area contributed by atoms with Crippen molar-refractivity contribution in [3.8, 4) is 0 Å². The first-order chi connectivity index (χ1) is 9.72. The van der Waals surface area contributed by atoms with Crippen LogP contribution in [0.2, 0.25) is 0 Å². The third kappa shape index (κ3) is 3.55. The van der Waals surface area contributed by atoms with Crippen molar-refractivity contribution >= 4 is 0 Å². The Morgan fingerprint density at radius 1 is 1.35 bits per heavy atom. The van der Waals surface area contributed by atoms with Crippen LogP contribution in [-0.4, -0.2) is 42.4 Å². The molecule has 20 heavy (non-hydrogen) atoms. The first-order valence-corrected chi connectivity index (χ1v) is 7.63. The number of hydrogen-bond acceptors (Lipinski definition) is 3. The smallest absolute Gasteiger partial charge is 0.125 e. The Labute approximate surface area is 121 Å². The lowest BCUT2D eigenvalue weighted by Crippen LogP contribution is -2.47. The predicted molar refractivity (Wildman–Crippen MR) is 78.7 cm³/mol. The summed E-state index contributed by atoms with van der Waals surface area (Å²) in [4.78, 5) is 6.76. The van der Waals surface area contributed by atoms with E-state index in [2.05, 4.69) is 22.0 Å². The van der Waals surface area contributed by atoms with Gasteiger partial charge in [0.1, 0.15) is 6.17 Å². The summed E-state index contributed by atoms with van der Waals surface area (Å²) in [5.41, 5.74) is 3.43. The van der Waals surface area contributed by atoms with Gasteiger partial charge in [0.2, 0.25) is 0 Å². The number of alkyl halides is 1. The number of likely N-dealkylation sites (tertiary alicyclic amines) is 1. The standard InChI is InChI=1S/C14H19FN2O.C2H6/c1-10-2-3-13(11-4-5-18-9-11)14(16-10)8-17-6-12(15)7-17;1-2/h2-3,11-12H,4-9H2,1H3;1-2H3. The molecule has 3 rings (SSSR count). The van der Waals surface area contributed by atoms with Crippen molar-refractivity contribution < 1.29 is 9.13 Å². The molecule has 2 fully saturated rings. The van der Waals surface area contributed by atoms with Gasteiger partial charge in [-0.1, -0.05) is 19.9 Å². The number of pyridine rings is 1. The number of nitrogens with zero attached hydrogens (tertiary/aromatic N) is 2. The SMILES string of the molecule is CC.Cc1ccc(C2CCOC2)c(CN2CC(F)C2)n1. The second-order valence-electron chi connectivity index (χ2n) is 5.34. The van der Waals surface area contributed by atoms with Crippen LogP contribution in [-0.2, 0) is 11.3 Å². The van der Waals surface area contributed by atoms with Crippen molar-refractivity contribution in [2.75, 3.05) is 26.3 Å². The van der Waals surface area contributed by atoms with E-state index in [-0.39, 0.29) is 0 Å². The molecular weight excluding hydrogens is 255 g/mol. The summed E-state index contributed by atoms with van der Waals surface area (Å²) in [5.74, 6) is 0.468. The largest absolute Gasteiger partial charge is 0.381 e. The molecule has 1 aromatic rings. The van der Waals surface area contributed by atoms with Crippen LogP contribution in [0.25, 0.3) is 0 Å². The Kier molecular flexibility index (Phi) is 5.49. The second-order valence-corrected chi connectivity index (χ2v) is 5.34. The van der Waals surface area contributed by atoms with Gasteiger partial charge in [-0.2, -0.15) is 0 Å². The van der Waals surface area contributed by atoms with Gasteiger partial charge in [-0.3, -0.25) is 9.88 Å². The monoisotopic (exact) mass is 280 g/mol. The van der Waals surface area contributed by atoms with Crippen LogP contribution >= 0.6 is 0 Å². The Morgan fingerprint density at radius 3 is 2.70 bits per heavy atom. The lowest BCUT2D eigenvalue weighted by Gasteiger charge is -2.34. The van der Waals surface area contributed by atoms with E-state index in [0.717, 1.165) is 37.6 Å². The number of aryl methyl sites for hydroxylation is 1. The molecule has 4 heteroatoms. The lowest BCUT2D eigenvalue weighted by atomic mass is 9.95. The van der Waals surface area contributed by atoms with Crippen LogP contribution < -0.4 is 0 Å². The molecule has 0 spiro atoms. The quantitative estimate of drug-likeness (QED) is 0.851. The number of hydrogen-bond donors (Lipinski definition) is 0. The number of rotatable bonds is 3. The summed E-state index contributed by atoms with van der Waals surface area (Å²) in [6.45, 7) is 9.52. The van der Waals surface area contributed by atoms with Gasteiger partial charge in [-0.05, 0) is 25.0 Å². The molecule has 0 radical (unpaired) electrons. The fourth-order valence-corrected chi connectivity index (χ4v) is 2.75. The Hall–Kier alpha value is -1.00. The number of ether oxygens (including phenoxy) is 1. The van der Waals surface area contributed by atoms with E-state index in [1.807, 2.05) is 20.8 Å². The molecule has 2 aliphatic heterocycles. The van der Waals surface area contributed by atoms with Crippen LogP contribution in [0.3, 0.4) is 0 Å². The molecule has 2 aliphatic rings. The van der Waals surface area contributed by atoms with E-state index >= 15 is 0 Å². The maximum atomic E-state index is 12.9. The second kappa shape index (κ2) is 7.14. The van der Waals surface area contributed by atoms with Gasteiger partial charge >= 0.3 is 0 Å². The molecule has 112 valence electrons. The molecule has 0 bridgehead atoms. The average Bonchev–Trinajstić information content (AvgIpc) is 2.93. The van der Waals surface area contributed by atoms with Gasteiger partial charge in [0.05, 0.1) is 12.3 Å². The third-order valence-corrected chi connectivity index (χ3v) is 3.80. The molecule has 0 aliphatic carbocycles. The fraction of sp³-hybridized carbons (Fsp3) is 0.688. The van der Waals surface area contributed by atoms with Gasteiger partial charge in [0.15, 0.2) is 0 Å². The molecule has 0 saturated carbocycles. The van der Waals surface area contributed by atoms with Crippen LogP contribution in [0.15, 0.2) is 12.1 Å². The highest BCUT2D eigenvalue weighted by Crippen LogP contribution is 2.29. The predicted octanol–water partition coefficient (Wildman–Crippen LogP) is 3.07. The van der Waals surface area contributed by atoms with Gasteiger partial charge < -0.3 is 4.74 Å². The maximum absolute atomic E-state index is 12.9. The zero-order valence-electron chi connectivity index (χ0n) is 12.7. The minimum absolute atomic E-state index is 0.468. The highest BCUT2D eigenvalue weighted by molar-refractivity contribution is 5.27. The summed E-state index contributed by atoms with van der Waals surface area (Å²) >= 11 is 0. The third-order valence-electron chi connectivity index (χ3n) is 3.80. The molecule has 1 unspecified atom stereocenters. The molecule has 1 atom stereocenters. The Bertz CT molecular complexity index is 426. The number of halogens is 1. The molecule has 0 N–H and O–H groups in total. The molecular formula is C16H25FN2O. The van der Waals surface area contributed by atoms with E-state index in [0.29, 0.717) is 19.0 Å². The first kappa shape index (κ1) is 15.4. The summed E-state index contributed by atoms with van der Waals surface area (Å²) in [5, 5.41) is 0. The highest BCUT2D eigenvalue weighted by Gasteiger charge is 2.28. The Balaban J connectivity index is 0.000000704. The minimum atomic E-state index is -0.645. The first-order valence-electron chi connectivity index (χ1n) is 7.63. The van der Waals surface area contributed by atoms with Gasteiger partial charge in [-0.25, -0.2) is 4.39 Å². The van der Waals surface area contributed by atoms with Crippen LogP contribution in [0.4, 0.5) is 4.39 Å². The zero-order chi connectivity index (χ0) is 14.5. The van der Waals surface area contributed by atoms with Crippen LogP contribution in [0.1, 0.15) is 43.1 Å². The van der Waals surface area contributed by atoms with E-state index < -0.39 is 6.17 Å². The maximum Gasteiger partial charge on any atom is 0.125 e. The zero-order valence-corrected chi connectivity index (χ0v) is 12.7. The summed E-state index contributed by atoms with van der Waals surface area (Å²) in [6, 6.07) is 4.23. The van der Waals surface area contributed by atoms with Crippen LogP contribution in [0.5, 0.6) is 0 Å². The summed E-state index contributed by atoms with van der Waals surface area (Å²) in [6.07, 6.45) is 0.428. The van der Waals surface area contributed by atoms with Crippen molar-refractivity contribution in [1.82, 2.24) is 9.88 Å². The van der Waals surface area contributed by atoms with Crippen molar-refractivity contribution in [2.24, 2.45) is 0 Å².